The highest BCUT2D eigenvalue weighted by Crippen LogP contribution is 2.44. The second kappa shape index (κ2) is 5.03. The lowest BCUT2D eigenvalue weighted by Gasteiger charge is -2.39. The van der Waals surface area contributed by atoms with Crippen LogP contribution in [-0.4, -0.2) is 16.3 Å². The number of phenolic OH excluding ortho intramolecular Hbond substituents is 2. The summed E-state index contributed by atoms with van der Waals surface area (Å²) in [6.45, 7) is 3.10. The van der Waals surface area contributed by atoms with Crippen LogP contribution in [0.3, 0.4) is 0 Å². The maximum absolute atomic E-state index is 9.94. The molecule has 2 aromatic rings. The Kier molecular flexibility index (Phi) is 3.12. The quantitative estimate of drug-likeness (QED) is 0.708. The molecule has 0 fully saturated rings. The van der Waals surface area contributed by atoms with Gasteiger partial charge < -0.3 is 15.5 Å². The number of hydrogen-bond acceptors (Lipinski definition) is 3. The minimum absolute atomic E-state index is 0.0106. The summed E-state index contributed by atoms with van der Waals surface area (Å²) in [6.07, 6.45) is 3.05. The molecule has 0 saturated carbocycles. The summed E-state index contributed by atoms with van der Waals surface area (Å²) in [5.74, 6) is 0.243. The Morgan fingerprint density at radius 2 is 1.82 bits per heavy atom. The van der Waals surface area contributed by atoms with Crippen molar-refractivity contribution in [3.8, 4) is 11.5 Å². The van der Waals surface area contributed by atoms with Gasteiger partial charge in [0.05, 0.1) is 0 Å². The van der Waals surface area contributed by atoms with Crippen molar-refractivity contribution in [2.45, 2.75) is 44.7 Å². The van der Waals surface area contributed by atoms with Crippen LogP contribution in [0.15, 0.2) is 30.3 Å². The lowest BCUT2D eigenvalue weighted by Crippen LogP contribution is -2.42. The molecule has 22 heavy (non-hydrogen) atoms. The molecule has 2 atom stereocenters. The van der Waals surface area contributed by atoms with Gasteiger partial charge in [0.1, 0.15) is 0 Å². The van der Waals surface area contributed by atoms with Gasteiger partial charge in [-0.3, -0.25) is 0 Å². The van der Waals surface area contributed by atoms with E-state index >= 15 is 0 Å². The molecule has 1 aliphatic carbocycles. The third-order valence-electron chi connectivity index (χ3n) is 5.21. The average molecular weight is 295 g/mol. The summed E-state index contributed by atoms with van der Waals surface area (Å²) in [7, 11) is 0. The van der Waals surface area contributed by atoms with E-state index in [1.54, 1.807) is 12.1 Å². The fraction of sp³-hybridized carbons (Fsp3) is 0.368. The predicted molar refractivity (Wildman–Crippen MR) is 86.4 cm³/mol. The van der Waals surface area contributed by atoms with Gasteiger partial charge in [-0.25, -0.2) is 0 Å². The maximum Gasteiger partial charge on any atom is 0.157 e. The molecule has 0 spiro atoms. The number of nitrogens with one attached hydrogen (secondary N) is 1. The van der Waals surface area contributed by atoms with Crippen molar-refractivity contribution in [2.75, 3.05) is 0 Å². The van der Waals surface area contributed by atoms with Crippen molar-refractivity contribution in [3.63, 3.8) is 0 Å². The molecule has 1 heterocycles. The van der Waals surface area contributed by atoms with E-state index in [1.165, 1.54) is 16.7 Å². The van der Waals surface area contributed by atoms with Crippen LogP contribution >= 0.6 is 0 Å². The summed E-state index contributed by atoms with van der Waals surface area (Å²) >= 11 is 0. The third kappa shape index (κ3) is 2.00. The molecule has 4 rings (SSSR count). The van der Waals surface area contributed by atoms with E-state index in [0.717, 1.165) is 36.9 Å². The molecule has 3 N–H and O–H groups in total. The van der Waals surface area contributed by atoms with Gasteiger partial charge in [0.15, 0.2) is 11.5 Å². The van der Waals surface area contributed by atoms with Crippen molar-refractivity contribution in [2.24, 2.45) is 0 Å². The summed E-state index contributed by atoms with van der Waals surface area (Å²) in [5.41, 5.74) is 6.41. The van der Waals surface area contributed by atoms with E-state index in [9.17, 15) is 10.2 Å². The fourth-order valence-corrected chi connectivity index (χ4v) is 4.00. The normalized spacial score (nSPS) is 22.6. The van der Waals surface area contributed by atoms with Crippen LogP contribution in [0.5, 0.6) is 11.5 Å². The van der Waals surface area contributed by atoms with Crippen LogP contribution in [0.2, 0.25) is 0 Å². The minimum Gasteiger partial charge on any atom is -0.504 e. The Balaban J connectivity index is 1.90. The molecule has 3 heteroatoms. The summed E-state index contributed by atoms with van der Waals surface area (Å²) < 4.78 is 0. The van der Waals surface area contributed by atoms with Gasteiger partial charge in [0.25, 0.3) is 0 Å². The molecule has 0 aromatic heterocycles. The van der Waals surface area contributed by atoms with Crippen LogP contribution in [0, 0.1) is 0 Å². The highest BCUT2D eigenvalue weighted by atomic mass is 16.3. The van der Waals surface area contributed by atoms with Crippen LogP contribution in [0.25, 0.3) is 0 Å². The molecule has 0 amide bonds. The summed E-state index contributed by atoms with van der Waals surface area (Å²) in [4.78, 5) is 0. The molecule has 2 aromatic carbocycles. The second-order valence-corrected chi connectivity index (χ2v) is 6.43. The molecule has 114 valence electrons. The minimum atomic E-state index is -0.0156. The smallest absolute Gasteiger partial charge is 0.157 e. The molecule has 3 nitrogen and oxygen atoms in total. The molecule has 0 saturated heterocycles. The summed E-state index contributed by atoms with van der Waals surface area (Å²) in [5, 5.41) is 23.4. The Hall–Kier alpha value is -2.00. The van der Waals surface area contributed by atoms with Crippen molar-refractivity contribution in [1.82, 2.24) is 5.32 Å². The zero-order chi connectivity index (χ0) is 15.3. The third-order valence-corrected chi connectivity index (χ3v) is 5.21. The van der Waals surface area contributed by atoms with Crippen molar-refractivity contribution in [1.29, 1.82) is 0 Å². The Bertz CT molecular complexity index is 738. The van der Waals surface area contributed by atoms with E-state index in [2.05, 4.69) is 30.4 Å². The lowest BCUT2D eigenvalue weighted by atomic mass is 9.72. The number of aromatic hydroxyl groups is 2. The molecule has 0 bridgehead atoms. The lowest BCUT2D eigenvalue weighted by molar-refractivity contribution is 0.380. The number of aryl methyl sites for hydroxylation is 2. The summed E-state index contributed by atoms with van der Waals surface area (Å²) in [6, 6.07) is 10.7. The monoisotopic (exact) mass is 295 g/mol. The van der Waals surface area contributed by atoms with E-state index in [1.807, 2.05) is 0 Å². The van der Waals surface area contributed by atoms with Crippen LogP contribution in [0.4, 0.5) is 0 Å². The van der Waals surface area contributed by atoms with Gasteiger partial charge >= 0.3 is 0 Å². The first-order valence-electron chi connectivity index (χ1n) is 8.07. The zero-order valence-electron chi connectivity index (χ0n) is 12.8. The van der Waals surface area contributed by atoms with Crippen molar-refractivity contribution >= 4 is 0 Å². The first kappa shape index (κ1) is 13.6. The Morgan fingerprint density at radius 3 is 2.64 bits per heavy atom. The van der Waals surface area contributed by atoms with Gasteiger partial charge in [-0.2, -0.15) is 0 Å². The number of hydrogen-bond donors (Lipinski definition) is 3. The largest absolute Gasteiger partial charge is 0.504 e. The number of rotatable bonds is 1. The second-order valence-electron chi connectivity index (χ2n) is 6.43. The highest BCUT2D eigenvalue weighted by molar-refractivity contribution is 5.53. The molecular formula is C19H21NO2. The SMILES string of the molecule is CCc1ccc2c(c1)[C@H]1c3cc(O)c(O)cc3CC[C@@H]1NC2. The molecule has 1 aliphatic heterocycles. The molecule has 0 radical (unpaired) electrons. The fourth-order valence-electron chi connectivity index (χ4n) is 4.00. The molecular weight excluding hydrogens is 274 g/mol. The average Bonchev–Trinajstić information content (AvgIpc) is 2.55. The topological polar surface area (TPSA) is 52.5 Å². The standard InChI is InChI=1S/C19H21NO2/c1-2-11-3-4-13-10-20-16-6-5-12-8-17(21)18(22)9-15(12)19(16)14(13)7-11/h3-4,7-9,16,19-22H,2,5-6,10H2,1H3/t16-,19-/m0/s1. The Labute approximate surface area is 130 Å². The van der Waals surface area contributed by atoms with Crippen molar-refractivity contribution < 1.29 is 10.2 Å². The number of fused-ring (bicyclic) bond motifs is 5. The number of benzene rings is 2. The first-order chi connectivity index (χ1) is 10.7. The Morgan fingerprint density at radius 1 is 1.05 bits per heavy atom. The van der Waals surface area contributed by atoms with Gasteiger partial charge in [-0.15, -0.1) is 0 Å². The van der Waals surface area contributed by atoms with E-state index in [4.69, 9.17) is 0 Å². The maximum atomic E-state index is 9.94. The molecule has 2 aliphatic rings. The predicted octanol–water partition coefficient (Wildman–Crippen LogP) is 3.21. The zero-order valence-corrected chi connectivity index (χ0v) is 12.8. The highest BCUT2D eigenvalue weighted by Gasteiger charge is 2.35. The van der Waals surface area contributed by atoms with Crippen LogP contribution < -0.4 is 5.32 Å². The van der Waals surface area contributed by atoms with E-state index < -0.39 is 0 Å². The van der Waals surface area contributed by atoms with Gasteiger partial charge in [0, 0.05) is 18.5 Å². The number of phenols is 2. The van der Waals surface area contributed by atoms with Crippen molar-refractivity contribution in [3.05, 3.63) is 58.1 Å². The van der Waals surface area contributed by atoms with Gasteiger partial charge in [-0.05, 0) is 59.2 Å². The van der Waals surface area contributed by atoms with Gasteiger partial charge in [-0.1, -0.05) is 25.1 Å². The van der Waals surface area contributed by atoms with E-state index in [-0.39, 0.29) is 17.4 Å². The van der Waals surface area contributed by atoms with Crippen LogP contribution in [0.1, 0.15) is 47.1 Å². The molecule has 0 unspecified atom stereocenters. The van der Waals surface area contributed by atoms with Crippen LogP contribution in [-0.2, 0) is 19.4 Å². The first-order valence-corrected chi connectivity index (χ1v) is 8.07. The van der Waals surface area contributed by atoms with Gasteiger partial charge in [0.2, 0.25) is 0 Å². The van der Waals surface area contributed by atoms with E-state index in [0.29, 0.717) is 6.04 Å².